The molecular weight excluding hydrogens is 280 g/mol. The lowest BCUT2D eigenvalue weighted by molar-refractivity contribution is 0.268. The van der Waals surface area contributed by atoms with E-state index in [4.69, 9.17) is 0 Å². The molecule has 0 aromatic heterocycles. The van der Waals surface area contributed by atoms with Gasteiger partial charge in [0.15, 0.2) is 0 Å². The third kappa shape index (κ3) is 3.09. The molecule has 4 nitrogen and oxygen atoms in total. The lowest BCUT2D eigenvalue weighted by Crippen LogP contribution is -2.41. The normalized spacial score (nSPS) is 20.8. The van der Waals surface area contributed by atoms with Gasteiger partial charge < -0.3 is 0 Å². The van der Waals surface area contributed by atoms with Crippen LogP contribution in [0.5, 0.6) is 0 Å². The number of thiocarbonyl (C=S) groups is 1. The van der Waals surface area contributed by atoms with E-state index in [0.717, 1.165) is 19.3 Å². The lowest BCUT2D eigenvalue weighted by Gasteiger charge is -2.32. The number of rotatable bonds is 3. The van der Waals surface area contributed by atoms with Crippen LogP contribution >= 0.6 is 12.2 Å². The molecule has 1 saturated heterocycles. The zero-order valence-corrected chi connectivity index (χ0v) is 12.4. The molecule has 0 N–H and O–H groups in total. The van der Waals surface area contributed by atoms with Crippen molar-refractivity contribution in [1.29, 1.82) is 0 Å². The van der Waals surface area contributed by atoms with Gasteiger partial charge in [0.25, 0.3) is 0 Å². The number of hydrogen-bond donors (Lipinski definition) is 0. The van der Waals surface area contributed by atoms with Crippen LogP contribution in [0.15, 0.2) is 34.2 Å². The molecule has 1 aliphatic heterocycles. The standard InChI is InChI=1S/C13H16N2O2S2/c1-11-4-2-3-9-15(11)19(16,17)13-7-5-12(6-8-13)14-10-18/h5-8,11H,2-4,9H2,1H3/t11-/m1/s1. The first-order valence-electron chi connectivity index (χ1n) is 6.25. The van der Waals surface area contributed by atoms with Gasteiger partial charge in [0.2, 0.25) is 10.0 Å². The highest BCUT2D eigenvalue weighted by atomic mass is 32.2. The van der Waals surface area contributed by atoms with Crippen LogP contribution in [0.4, 0.5) is 5.69 Å². The van der Waals surface area contributed by atoms with Crippen LogP contribution < -0.4 is 0 Å². The molecule has 1 aromatic rings. The van der Waals surface area contributed by atoms with E-state index in [2.05, 4.69) is 22.4 Å². The maximum atomic E-state index is 12.5. The molecule has 0 saturated carbocycles. The van der Waals surface area contributed by atoms with Crippen LogP contribution in [0.3, 0.4) is 0 Å². The first kappa shape index (κ1) is 14.3. The maximum Gasteiger partial charge on any atom is 0.243 e. The number of isothiocyanates is 1. The average molecular weight is 296 g/mol. The van der Waals surface area contributed by atoms with Crippen LogP contribution in [0.2, 0.25) is 0 Å². The summed E-state index contributed by atoms with van der Waals surface area (Å²) in [6.07, 6.45) is 2.94. The monoisotopic (exact) mass is 296 g/mol. The predicted molar refractivity (Wildman–Crippen MR) is 78.3 cm³/mol. The van der Waals surface area contributed by atoms with E-state index >= 15 is 0 Å². The van der Waals surface area contributed by atoms with E-state index in [9.17, 15) is 8.42 Å². The largest absolute Gasteiger partial charge is 0.243 e. The molecular formula is C13H16N2O2S2. The van der Waals surface area contributed by atoms with E-state index in [1.165, 1.54) is 0 Å². The lowest BCUT2D eigenvalue weighted by atomic mass is 10.1. The number of benzene rings is 1. The Labute approximate surface area is 119 Å². The second-order valence-corrected chi connectivity index (χ2v) is 6.73. The molecule has 0 amide bonds. The Kier molecular flexibility index (Phi) is 4.47. The summed E-state index contributed by atoms with van der Waals surface area (Å²) in [4.78, 5) is 4.12. The van der Waals surface area contributed by atoms with Crippen molar-refractivity contribution in [1.82, 2.24) is 4.31 Å². The van der Waals surface area contributed by atoms with Crippen LogP contribution in [0.1, 0.15) is 26.2 Å². The Balaban J connectivity index is 2.30. The van der Waals surface area contributed by atoms with Crippen LogP contribution in [-0.4, -0.2) is 30.5 Å². The summed E-state index contributed by atoms with van der Waals surface area (Å²) in [5.41, 5.74) is 0.612. The van der Waals surface area contributed by atoms with E-state index in [1.807, 2.05) is 6.92 Å². The summed E-state index contributed by atoms with van der Waals surface area (Å²) in [7, 11) is -3.40. The average Bonchev–Trinajstić information content (AvgIpc) is 2.40. The molecule has 2 rings (SSSR count). The summed E-state index contributed by atoms with van der Waals surface area (Å²) >= 11 is 4.52. The zero-order chi connectivity index (χ0) is 13.9. The topological polar surface area (TPSA) is 49.7 Å². The second-order valence-electron chi connectivity index (χ2n) is 4.66. The minimum atomic E-state index is -3.40. The highest BCUT2D eigenvalue weighted by molar-refractivity contribution is 7.89. The Morgan fingerprint density at radius 3 is 2.58 bits per heavy atom. The fourth-order valence-electron chi connectivity index (χ4n) is 2.31. The third-order valence-electron chi connectivity index (χ3n) is 3.36. The van der Waals surface area contributed by atoms with Crippen molar-refractivity contribution in [3.8, 4) is 0 Å². The zero-order valence-electron chi connectivity index (χ0n) is 10.7. The van der Waals surface area contributed by atoms with Gasteiger partial charge >= 0.3 is 0 Å². The quantitative estimate of drug-likeness (QED) is 0.636. The second kappa shape index (κ2) is 5.92. The van der Waals surface area contributed by atoms with Gasteiger partial charge in [-0.3, -0.25) is 0 Å². The number of sulfonamides is 1. The molecule has 0 spiro atoms. The Morgan fingerprint density at radius 1 is 1.32 bits per heavy atom. The smallest absolute Gasteiger partial charge is 0.207 e. The Hall–Kier alpha value is -1.07. The molecule has 1 fully saturated rings. The van der Waals surface area contributed by atoms with E-state index < -0.39 is 10.0 Å². The van der Waals surface area contributed by atoms with Crippen molar-refractivity contribution in [2.45, 2.75) is 37.1 Å². The number of hydrogen-bond acceptors (Lipinski definition) is 4. The van der Waals surface area contributed by atoms with Gasteiger partial charge in [-0.05, 0) is 56.2 Å². The van der Waals surface area contributed by atoms with Crippen molar-refractivity contribution in [2.24, 2.45) is 4.99 Å². The van der Waals surface area contributed by atoms with Crippen molar-refractivity contribution >= 4 is 33.1 Å². The first-order valence-corrected chi connectivity index (χ1v) is 8.10. The van der Waals surface area contributed by atoms with Gasteiger partial charge in [0.05, 0.1) is 15.7 Å². The van der Waals surface area contributed by atoms with E-state index in [1.54, 1.807) is 28.6 Å². The van der Waals surface area contributed by atoms with Crippen molar-refractivity contribution in [3.05, 3.63) is 24.3 Å². The van der Waals surface area contributed by atoms with Gasteiger partial charge in [-0.1, -0.05) is 6.42 Å². The number of nitrogens with zero attached hydrogens (tertiary/aromatic N) is 2. The van der Waals surface area contributed by atoms with Crippen molar-refractivity contribution in [2.75, 3.05) is 6.54 Å². The van der Waals surface area contributed by atoms with Crippen LogP contribution in [-0.2, 0) is 10.0 Å². The Bertz CT molecular complexity index is 590. The summed E-state index contributed by atoms with van der Waals surface area (Å²) < 4.78 is 26.6. The molecule has 102 valence electrons. The first-order chi connectivity index (χ1) is 9.05. The van der Waals surface area contributed by atoms with Gasteiger partial charge in [-0.2, -0.15) is 9.30 Å². The molecule has 0 bridgehead atoms. The molecule has 6 heteroatoms. The van der Waals surface area contributed by atoms with Crippen LogP contribution in [0.25, 0.3) is 0 Å². The highest BCUT2D eigenvalue weighted by Gasteiger charge is 2.30. The predicted octanol–water partition coefficient (Wildman–Crippen LogP) is 2.98. The van der Waals surface area contributed by atoms with Crippen molar-refractivity contribution < 1.29 is 8.42 Å². The molecule has 0 radical (unpaired) electrons. The highest BCUT2D eigenvalue weighted by Crippen LogP contribution is 2.26. The third-order valence-corrected chi connectivity index (χ3v) is 5.48. The molecule has 1 heterocycles. The number of piperidine rings is 1. The van der Waals surface area contributed by atoms with Crippen molar-refractivity contribution in [3.63, 3.8) is 0 Å². The fraction of sp³-hybridized carbons (Fsp3) is 0.462. The molecule has 0 aliphatic carbocycles. The molecule has 1 atom stereocenters. The minimum Gasteiger partial charge on any atom is -0.207 e. The Morgan fingerprint density at radius 2 is 2.00 bits per heavy atom. The summed E-state index contributed by atoms with van der Waals surface area (Å²) in [6.45, 7) is 2.56. The molecule has 1 aromatic carbocycles. The SMILES string of the molecule is C[C@@H]1CCCCN1S(=O)(=O)c1ccc(N=C=S)cc1. The van der Waals surface area contributed by atoms with E-state index in [0.29, 0.717) is 17.1 Å². The summed E-state index contributed by atoms with van der Waals surface area (Å²) in [6, 6.07) is 6.49. The number of aliphatic imine (C=N–C) groups is 1. The van der Waals surface area contributed by atoms with Gasteiger partial charge in [-0.25, -0.2) is 8.42 Å². The summed E-state index contributed by atoms with van der Waals surface area (Å²) in [5.74, 6) is 0. The maximum absolute atomic E-state index is 12.5. The molecule has 0 unspecified atom stereocenters. The van der Waals surface area contributed by atoms with Gasteiger partial charge in [-0.15, -0.1) is 0 Å². The molecule has 1 aliphatic rings. The molecule has 19 heavy (non-hydrogen) atoms. The summed E-state index contributed by atoms with van der Waals surface area (Å²) in [5, 5.41) is 2.26. The minimum absolute atomic E-state index is 0.0671. The fourth-order valence-corrected chi connectivity index (χ4v) is 4.11. The van der Waals surface area contributed by atoms with Gasteiger partial charge in [0, 0.05) is 12.6 Å². The van der Waals surface area contributed by atoms with Gasteiger partial charge in [0.1, 0.15) is 0 Å². The van der Waals surface area contributed by atoms with E-state index in [-0.39, 0.29) is 6.04 Å². The van der Waals surface area contributed by atoms with Crippen LogP contribution in [0, 0.1) is 0 Å².